The van der Waals surface area contributed by atoms with Gasteiger partial charge < -0.3 is 0 Å². The van der Waals surface area contributed by atoms with Crippen LogP contribution in [-0.4, -0.2) is 16.0 Å². The van der Waals surface area contributed by atoms with Crippen LogP contribution in [0.2, 0.25) is 0 Å². The zero-order chi connectivity index (χ0) is 11.1. The van der Waals surface area contributed by atoms with Crippen LogP contribution in [0.25, 0.3) is 0 Å². The van der Waals surface area contributed by atoms with Gasteiger partial charge in [-0.05, 0) is 6.42 Å². The number of halogens is 1. The van der Waals surface area contributed by atoms with E-state index in [-0.39, 0.29) is 11.6 Å². The number of Topliss-reactive ketones (excluding diaryl/α,β-unsaturated/α-hetero) is 2. The molecule has 3 heteroatoms. The SMILES string of the molecule is O=C(CI)CCCC(=O)c1ccccc1. The van der Waals surface area contributed by atoms with Gasteiger partial charge in [0.15, 0.2) is 5.78 Å². The number of hydrogen-bond donors (Lipinski definition) is 0. The summed E-state index contributed by atoms with van der Waals surface area (Å²) in [5.41, 5.74) is 0.736. The molecule has 0 saturated carbocycles. The molecule has 1 aromatic rings. The van der Waals surface area contributed by atoms with Crippen LogP contribution < -0.4 is 0 Å². The van der Waals surface area contributed by atoms with Crippen molar-refractivity contribution >= 4 is 34.2 Å². The van der Waals surface area contributed by atoms with E-state index in [1.165, 1.54) is 0 Å². The fourth-order valence-corrected chi connectivity index (χ4v) is 1.66. The highest BCUT2D eigenvalue weighted by Crippen LogP contribution is 2.07. The van der Waals surface area contributed by atoms with Gasteiger partial charge >= 0.3 is 0 Å². The standard InChI is InChI=1S/C12H13IO2/c13-9-11(14)7-4-8-12(15)10-5-2-1-3-6-10/h1-3,5-6H,4,7-9H2. The van der Waals surface area contributed by atoms with Gasteiger partial charge in [0.1, 0.15) is 5.78 Å². The molecule has 1 rings (SSSR count). The van der Waals surface area contributed by atoms with Gasteiger partial charge in [0.2, 0.25) is 0 Å². The molecule has 0 spiro atoms. The molecule has 0 N–H and O–H groups in total. The summed E-state index contributed by atoms with van der Waals surface area (Å²) in [6.07, 6.45) is 1.64. The van der Waals surface area contributed by atoms with Gasteiger partial charge in [-0.1, -0.05) is 52.9 Å². The van der Waals surface area contributed by atoms with Crippen molar-refractivity contribution < 1.29 is 9.59 Å². The Morgan fingerprint density at radius 3 is 2.33 bits per heavy atom. The number of hydrogen-bond acceptors (Lipinski definition) is 2. The van der Waals surface area contributed by atoms with Crippen LogP contribution in [0.3, 0.4) is 0 Å². The average Bonchev–Trinajstić information content (AvgIpc) is 2.29. The quantitative estimate of drug-likeness (QED) is 0.459. The summed E-state index contributed by atoms with van der Waals surface area (Å²) >= 11 is 2.05. The van der Waals surface area contributed by atoms with Gasteiger partial charge in [0.05, 0.1) is 4.43 Å². The molecule has 0 aliphatic heterocycles. The van der Waals surface area contributed by atoms with Gasteiger partial charge in [0, 0.05) is 18.4 Å². The maximum absolute atomic E-state index is 11.6. The Kier molecular flexibility index (Phi) is 5.53. The third-order valence-electron chi connectivity index (χ3n) is 2.10. The molecule has 0 bridgehead atoms. The van der Waals surface area contributed by atoms with E-state index >= 15 is 0 Å². The molecule has 0 aliphatic rings. The van der Waals surface area contributed by atoms with E-state index in [4.69, 9.17) is 0 Å². The Morgan fingerprint density at radius 2 is 1.73 bits per heavy atom. The Bertz CT molecular complexity index is 333. The van der Waals surface area contributed by atoms with Crippen LogP contribution in [0.1, 0.15) is 29.6 Å². The van der Waals surface area contributed by atoms with Crippen LogP contribution in [0.15, 0.2) is 30.3 Å². The van der Waals surface area contributed by atoms with E-state index in [9.17, 15) is 9.59 Å². The summed E-state index contributed by atoms with van der Waals surface area (Å²) in [4.78, 5) is 22.6. The lowest BCUT2D eigenvalue weighted by molar-refractivity contribution is -0.116. The van der Waals surface area contributed by atoms with Gasteiger partial charge in [-0.2, -0.15) is 0 Å². The molecule has 80 valence electrons. The molecule has 2 nitrogen and oxygen atoms in total. The van der Waals surface area contributed by atoms with Crippen molar-refractivity contribution in [3.05, 3.63) is 35.9 Å². The molecule has 0 aliphatic carbocycles. The van der Waals surface area contributed by atoms with Gasteiger partial charge in [0.25, 0.3) is 0 Å². The molecule has 0 saturated heterocycles. The van der Waals surface area contributed by atoms with E-state index in [1.807, 2.05) is 52.9 Å². The first kappa shape index (κ1) is 12.4. The molecule has 0 atom stereocenters. The Hall–Kier alpha value is -0.710. The van der Waals surface area contributed by atoms with Crippen molar-refractivity contribution in [2.75, 3.05) is 4.43 Å². The van der Waals surface area contributed by atoms with E-state index in [2.05, 4.69) is 0 Å². The highest BCUT2D eigenvalue weighted by atomic mass is 127. The van der Waals surface area contributed by atoms with Crippen molar-refractivity contribution in [3.63, 3.8) is 0 Å². The summed E-state index contributed by atoms with van der Waals surface area (Å²) in [5, 5.41) is 0. The highest BCUT2D eigenvalue weighted by molar-refractivity contribution is 14.1. The summed E-state index contributed by atoms with van der Waals surface area (Å²) in [6, 6.07) is 9.20. The molecule has 0 radical (unpaired) electrons. The van der Waals surface area contributed by atoms with Crippen molar-refractivity contribution in [1.29, 1.82) is 0 Å². The predicted octanol–water partition coefficient (Wildman–Crippen LogP) is 3.04. The van der Waals surface area contributed by atoms with Crippen LogP contribution in [0.4, 0.5) is 0 Å². The van der Waals surface area contributed by atoms with E-state index < -0.39 is 0 Å². The van der Waals surface area contributed by atoms with E-state index in [0.717, 1.165) is 5.56 Å². The Labute approximate surface area is 103 Å². The van der Waals surface area contributed by atoms with Gasteiger partial charge in [-0.25, -0.2) is 0 Å². The van der Waals surface area contributed by atoms with Crippen molar-refractivity contribution in [2.24, 2.45) is 0 Å². The second kappa shape index (κ2) is 6.71. The largest absolute Gasteiger partial charge is 0.299 e. The minimum atomic E-state index is 0.122. The number of rotatable bonds is 6. The molecule has 0 amide bonds. The number of benzene rings is 1. The zero-order valence-corrected chi connectivity index (χ0v) is 10.6. The smallest absolute Gasteiger partial charge is 0.162 e. The monoisotopic (exact) mass is 316 g/mol. The van der Waals surface area contributed by atoms with Gasteiger partial charge in [-0.15, -0.1) is 0 Å². The second-order valence-electron chi connectivity index (χ2n) is 3.32. The second-order valence-corrected chi connectivity index (χ2v) is 4.08. The first-order valence-electron chi connectivity index (χ1n) is 4.90. The van der Waals surface area contributed by atoms with E-state index in [0.29, 0.717) is 23.7 Å². The molecule has 0 unspecified atom stereocenters. The van der Waals surface area contributed by atoms with Crippen molar-refractivity contribution in [1.82, 2.24) is 0 Å². The molecule has 0 aromatic heterocycles. The lowest BCUT2D eigenvalue weighted by Crippen LogP contribution is -2.02. The first-order chi connectivity index (χ1) is 7.24. The van der Waals surface area contributed by atoms with Crippen LogP contribution >= 0.6 is 22.6 Å². The van der Waals surface area contributed by atoms with Crippen LogP contribution in [-0.2, 0) is 4.79 Å². The number of carbonyl (C=O) groups excluding carboxylic acids is 2. The number of carbonyl (C=O) groups is 2. The van der Waals surface area contributed by atoms with Crippen LogP contribution in [0.5, 0.6) is 0 Å². The fraction of sp³-hybridized carbons (Fsp3) is 0.333. The normalized spacial score (nSPS) is 9.93. The molecule has 1 aromatic carbocycles. The van der Waals surface area contributed by atoms with E-state index in [1.54, 1.807) is 0 Å². The topological polar surface area (TPSA) is 34.1 Å². The zero-order valence-electron chi connectivity index (χ0n) is 8.41. The average molecular weight is 316 g/mol. The van der Waals surface area contributed by atoms with Crippen molar-refractivity contribution in [2.45, 2.75) is 19.3 Å². The summed E-state index contributed by atoms with van der Waals surface area (Å²) in [5.74, 6) is 0.341. The minimum Gasteiger partial charge on any atom is -0.299 e. The van der Waals surface area contributed by atoms with Crippen molar-refractivity contribution in [3.8, 4) is 0 Å². The maximum atomic E-state index is 11.6. The predicted molar refractivity (Wildman–Crippen MR) is 68.5 cm³/mol. The highest BCUT2D eigenvalue weighted by Gasteiger charge is 2.06. The summed E-state index contributed by atoms with van der Waals surface area (Å²) in [7, 11) is 0. The van der Waals surface area contributed by atoms with Gasteiger partial charge in [-0.3, -0.25) is 9.59 Å². The minimum absolute atomic E-state index is 0.122. The molecule has 0 fully saturated rings. The fourth-order valence-electron chi connectivity index (χ4n) is 1.28. The number of ketones is 2. The van der Waals surface area contributed by atoms with Crippen LogP contribution in [0, 0.1) is 0 Å². The summed E-state index contributed by atoms with van der Waals surface area (Å²) in [6.45, 7) is 0. The maximum Gasteiger partial charge on any atom is 0.162 e. The molecule has 15 heavy (non-hydrogen) atoms. The lowest BCUT2D eigenvalue weighted by Gasteiger charge is -1.99. The first-order valence-corrected chi connectivity index (χ1v) is 6.42. The third-order valence-corrected chi connectivity index (χ3v) is 2.96. The Balaban J connectivity index is 2.34. The molecular weight excluding hydrogens is 303 g/mol. The molecule has 0 heterocycles. The summed E-state index contributed by atoms with van der Waals surface area (Å²) < 4.78 is 0.539. The molecular formula is C12H13IO2. The number of alkyl halides is 1. The lowest BCUT2D eigenvalue weighted by atomic mass is 10.0. The third kappa shape index (κ3) is 4.55. The Morgan fingerprint density at radius 1 is 1.07 bits per heavy atom.